The summed E-state index contributed by atoms with van der Waals surface area (Å²) in [6.07, 6.45) is -10.3. The first-order valence-corrected chi connectivity index (χ1v) is 4.60. The van der Waals surface area contributed by atoms with E-state index in [1.807, 2.05) is 0 Å². The predicted molar refractivity (Wildman–Crippen MR) is 50.0 cm³/mol. The number of primary amides is 1. The largest absolute Gasteiger partial charge is 0.417 e. The van der Waals surface area contributed by atoms with Gasteiger partial charge in [-0.2, -0.15) is 26.3 Å². The number of amides is 1. The minimum atomic E-state index is -5.17. The summed E-state index contributed by atoms with van der Waals surface area (Å²) in [6, 6.07) is 0.438. The van der Waals surface area contributed by atoms with Crippen LogP contribution in [0.25, 0.3) is 0 Å². The van der Waals surface area contributed by atoms with Gasteiger partial charge in [0.1, 0.15) is 0 Å². The highest BCUT2D eigenvalue weighted by molar-refractivity contribution is 6.31. The van der Waals surface area contributed by atoms with Gasteiger partial charge in [-0.3, -0.25) is 4.79 Å². The maximum absolute atomic E-state index is 12.5. The Morgan fingerprint density at radius 2 is 1.33 bits per heavy atom. The van der Waals surface area contributed by atoms with Crippen molar-refractivity contribution in [2.24, 2.45) is 5.73 Å². The van der Waals surface area contributed by atoms with E-state index in [-0.39, 0.29) is 12.1 Å². The van der Waals surface area contributed by atoms with Gasteiger partial charge in [0.15, 0.2) is 0 Å². The molecular weight excluding hydrogens is 288 g/mol. The SMILES string of the molecule is NC(=O)c1c(C(F)(F)F)cc(Cl)cc1C(F)(F)F. The van der Waals surface area contributed by atoms with E-state index in [4.69, 9.17) is 11.6 Å². The number of carbonyl (C=O) groups excluding carboxylic acids is 1. The normalized spacial score (nSPS) is 12.6. The number of benzene rings is 1. The monoisotopic (exact) mass is 291 g/mol. The van der Waals surface area contributed by atoms with Crippen molar-refractivity contribution in [3.63, 3.8) is 0 Å². The number of hydrogen-bond acceptors (Lipinski definition) is 1. The molecule has 1 aromatic carbocycles. The van der Waals surface area contributed by atoms with Gasteiger partial charge in [0.05, 0.1) is 16.7 Å². The zero-order valence-electron chi connectivity index (χ0n) is 8.29. The van der Waals surface area contributed by atoms with E-state index in [0.717, 1.165) is 0 Å². The molecule has 0 bridgehead atoms. The molecule has 1 rings (SSSR count). The summed E-state index contributed by atoms with van der Waals surface area (Å²) in [5.74, 6) is -1.83. The van der Waals surface area contributed by atoms with Crippen LogP contribution < -0.4 is 5.73 Å². The summed E-state index contributed by atoms with van der Waals surface area (Å²) in [5.41, 5.74) is -0.683. The van der Waals surface area contributed by atoms with Crippen molar-refractivity contribution in [1.82, 2.24) is 0 Å². The smallest absolute Gasteiger partial charge is 0.366 e. The fraction of sp³-hybridized carbons (Fsp3) is 0.222. The highest BCUT2D eigenvalue weighted by Gasteiger charge is 2.42. The molecule has 0 unspecified atom stereocenters. The molecule has 0 fully saturated rings. The van der Waals surface area contributed by atoms with Gasteiger partial charge in [-0.25, -0.2) is 0 Å². The maximum atomic E-state index is 12.5. The van der Waals surface area contributed by atoms with Gasteiger partial charge in [0.2, 0.25) is 5.91 Å². The average molecular weight is 292 g/mol. The third-order valence-electron chi connectivity index (χ3n) is 1.96. The van der Waals surface area contributed by atoms with Crippen LogP contribution in [0.15, 0.2) is 12.1 Å². The zero-order chi connectivity index (χ0) is 14.3. The average Bonchev–Trinajstić information content (AvgIpc) is 2.12. The highest BCUT2D eigenvalue weighted by atomic mass is 35.5. The van der Waals surface area contributed by atoms with Gasteiger partial charge in [-0.05, 0) is 12.1 Å². The second-order valence-corrected chi connectivity index (χ2v) is 3.67. The molecular formula is C9H4ClF6NO. The van der Waals surface area contributed by atoms with E-state index in [2.05, 4.69) is 5.73 Å². The molecule has 0 heterocycles. The number of halogens is 7. The summed E-state index contributed by atoms with van der Waals surface area (Å²) < 4.78 is 75.1. The van der Waals surface area contributed by atoms with Crippen LogP contribution in [0.5, 0.6) is 0 Å². The van der Waals surface area contributed by atoms with Gasteiger partial charge in [0.25, 0.3) is 0 Å². The van der Waals surface area contributed by atoms with E-state index >= 15 is 0 Å². The molecule has 18 heavy (non-hydrogen) atoms. The topological polar surface area (TPSA) is 43.1 Å². The Morgan fingerprint density at radius 1 is 1.00 bits per heavy atom. The molecule has 0 aliphatic carbocycles. The number of hydrogen-bond donors (Lipinski definition) is 1. The van der Waals surface area contributed by atoms with Crippen molar-refractivity contribution in [3.8, 4) is 0 Å². The van der Waals surface area contributed by atoms with Gasteiger partial charge in [-0.1, -0.05) is 11.6 Å². The molecule has 1 aromatic rings. The lowest BCUT2D eigenvalue weighted by Crippen LogP contribution is -2.24. The second kappa shape index (κ2) is 4.34. The third-order valence-corrected chi connectivity index (χ3v) is 2.18. The van der Waals surface area contributed by atoms with E-state index in [1.54, 1.807) is 0 Å². The quantitative estimate of drug-likeness (QED) is 0.791. The zero-order valence-corrected chi connectivity index (χ0v) is 9.04. The van der Waals surface area contributed by atoms with E-state index in [9.17, 15) is 31.1 Å². The Kier molecular flexibility index (Phi) is 3.53. The Balaban J connectivity index is 3.74. The van der Waals surface area contributed by atoms with Crippen molar-refractivity contribution in [2.75, 3.05) is 0 Å². The lowest BCUT2D eigenvalue weighted by Gasteiger charge is -2.17. The van der Waals surface area contributed by atoms with Crippen molar-refractivity contribution in [3.05, 3.63) is 33.8 Å². The Labute approximate surface area is 101 Å². The van der Waals surface area contributed by atoms with Crippen LogP contribution in [0.2, 0.25) is 5.02 Å². The molecule has 0 saturated carbocycles. The van der Waals surface area contributed by atoms with Crippen LogP contribution in [0.3, 0.4) is 0 Å². The van der Waals surface area contributed by atoms with Crippen LogP contribution in [0, 0.1) is 0 Å². The molecule has 0 aromatic heterocycles. The number of rotatable bonds is 1. The molecule has 0 aliphatic rings. The molecule has 2 nitrogen and oxygen atoms in total. The Morgan fingerprint density at radius 3 is 1.56 bits per heavy atom. The summed E-state index contributed by atoms with van der Waals surface area (Å²) in [4.78, 5) is 10.8. The van der Waals surface area contributed by atoms with Gasteiger partial charge >= 0.3 is 12.4 Å². The van der Waals surface area contributed by atoms with Gasteiger partial charge in [-0.15, -0.1) is 0 Å². The van der Waals surface area contributed by atoms with Crippen molar-refractivity contribution in [2.45, 2.75) is 12.4 Å². The van der Waals surface area contributed by atoms with Gasteiger partial charge < -0.3 is 5.73 Å². The fourth-order valence-corrected chi connectivity index (χ4v) is 1.54. The molecule has 2 N–H and O–H groups in total. The lowest BCUT2D eigenvalue weighted by atomic mass is 9.99. The first-order valence-electron chi connectivity index (χ1n) is 4.22. The van der Waals surface area contributed by atoms with Crippen molar-refractivity contribution < 1.29 is 31.1 Å². The molecule has 0 saturated heterocycles. The van der Waals surface area contributed by atoms with Crippen LogP contribution in [0.4, 0.5) is 26.3 Å². The number of carbonyl (C=O) groups is 1. The molecule has 0 spiro atoms. The molecule has 0 radical (unpaired) electrons. The van der Waals surface area contributed by atoms with Crippen LogP contribution >= 0.6 is 11.6 Å². The predicted octanol–water partition coefficient (Wildman–Crippen LogP) is 3.48. The first-order chi connectivity index (χ1) is 7.94. The second-order valence-electron chi connectivity index (χ2n) is 3.24. The van der Waals surface area contributed by atoms with E-state index in [1.165, 1.54) is 0 Å². The van der Waals surface area contributed by atoms with Crippen LogP contribution in [0.1, 0.15) is 21.5 Å². The fourth-order valence-electron chi connectivity index (χ4n) is 1.32. The van der Waals surface area contributed by atoms with E-state index < -0.39 is 40.0 Å². The summed E-state index contributed by atoms with van der Waals surface area (Å²) >= 11 is 5.19. The van der Waals surface area contributed by atoms with Crippen molar-refractivity contribution in [1.29, 1.82) is 0 Å². The van der Waals surface area contributed by atoms with Gasteiger partial charge in [0, 0.05) is 5.02 Å². The van der Waals surface area contributed by atoms with Crippen molar-refractivity contribution >= 4 is 17.5 Å². The summed E-state index contributed by atoms with van der Waals surface area (Å²) in [6.45, 7) is 0. The Hall–Kier alpha value is -1.44. The van der Waals surface area contributed by atoms with Crippen LogP contribution in [-0.2, 0) is 12.4 Å². The third kappa shape index (κ3) is 2.87. The Bertz CT molecular complexity index is 458. The molecule has 9 heteroatoms. The number of nitrogens with two attached hydrogens (primary N) is 1. The molecule has 1 amide bonds. The molecule has 0 atom stereocenters. The standard InChI is InChI=1S/C9H4ClF6NO/c10-3-1-4(8(11,12)13)6(7(17)18)5(2-3)9(14,15)16/h1-2H,(H2,17,18). The highest BCUT2D eigenvalue weighted by Crippen LogP contribution is 2.40. The summed E-state index contributed by atoms with van der Waals surface area (Å²) in [7, 11) is 0. The summed E-state index contributed by atoms with van der Waals surface area (Å²) in [5, 5.41) is -0.792. The van der Waals surface area contributed by atoms with Crippen LogP contribution in [-0.4, -0.2) is 5.91 Å². The minimum absolute atomic E-state index is 0.219. The number of alkyl halides is 6. The molecule has 0 aliphatic heterocycles. The molecule has 100 valence electrons. The maximum Gasteiger partial charge on any atom is 0.417 e. The minimum Gasteiger partial charge on any atom is -0.366 e. The van der Waals surface area contributed by atoms with E-state index in [0.29, 0.717) is 0 Å². The first kappa shape index (κ1) is 14.6. The lowest BCUT2D eigenvalue weighted by molar-refractivity contribution is -0.143.